The Hall–Kier alpha value is -0.0400. The standard InChI is InChI=1S/C16H31N3O.HI/c1-16(2,20-4)11-18-15(17-3)19-14-10-13(14)12-8-6-5-7-9-12;/h12-14H,5-11H2,1-4H3,(H2,17,18,19);1H. The molecule has 4 nitrogen and oxygen atoms in total. The summed E-state index contributed by atoms with van der Waals surface area (Å²) in [5.41, 5.74) is -0.163. The van der Waals surface area contributed by atoms with E-state index in [1.54, 1.807) is 7.11 Å². The molecule has 0 spiro atoms. The topological polar surface area (TPSA) is 45.7 Å². The van der Waals surface area contributed by atoms with Gasteiger partial charge in [-0.05, 0) is 32.1 Å². The van der Waals surface area contributed by atoms with Crippen LogP contribution in [0, 0.1) is 11.8 Å². The van der Waals surface area contributed by atoms with Gasteiger partial charge in [0, 0.05) is 26.7 Å². The van der Waals surface area contributed by atoms with Crippen molar-refractivity contribution in [3.8, 4) is 0 Å². The molecule has 2 fully saturated rings. The number of guanidine groups is 1. The van der Waals surface area contributed by atoms with Crippen molar-refractivity contribution in [1.29, 1.82) is 0 Å². The van der Waals surface area contributed by atoms with Crippen molar-refractivity contribution in [2.45, 2.75) is 64.0 Å². The third-order valence-electron chi connectivity index (χ3n) is 4.87. The number of hydrogen-bond acceptors (Lipinski definition) is 2. The monoisotopic (exact) mass is 409 g/mol. The lowest BCUT2D eigenvalue weighted by Crippen LogP contribution is -2.46. The fourth-order valence-electron chi connectivity index (χ4n) is 3.20. The summed E-state index contributed by atoms with van der Waals surface area (Å²) < 4.78 is 5.42. The second-order valence-electron chi connectivity index (χ2n) is 6.94. The zero-order valence-electron chi connectivity index (χ0n) is 13.9. The van der Waals surface area contributed by atoms with Crippen LogP contribution < -0.4 is 10.6 Å². The first-order valence-electron chi connectivity index (χ1n) is 8.08. The van der Waals surface area contributed by atoms with E-state index in [0.29, 0.717) is 6.04 Å². The molecule has 124 valence electrons. The first-order valence-corrected chi connectivity index (χ1v) is 8.08. The number of rotatable bonds is 5. The molecular weight excluding hydrogens is 377 g/mol. The minimum Gasteiger partial charge on any atom is -0.377 e. The van der Waals surface area contributed by atoms with Crippen LogP contribution >= 0.6 is 24.0 Å². The average Bonchev–Trinajstić information content (AvgIpc) is 3.23. The Morgan fingerprint density at radius 3 is 2.48 bits per heavy atom. The van der Waals surface area contributed by atoms with E-state index >= 15 is 0 Å². The first kappa shape index (κ1) is 19.0. The van der Waals surface area contributed by atoms with Crippen molar-refractivity contribution in [1.82, 2.24) is 10.6 Å². The van der Waals surface area contributed by atoms with Crippen LogP contribution in [0.4, 0.5) is 0 Å². The number of aliphatic imine (C=N–C) groups is 1. The highest BCUT2D eigenvalue weighted by Gasteiger charge is 2.43. The van der Waals surface area contributed by atoms with Crippen molar-refractivity contribution in [3.63, 3.8) is 0 Å². The predicted octanol–water partition coefficient (Wildman–Crippen LogP) is 3.16. The maximum absolute atomic E-state index is 5.42. The fourth-order valence-corrected chi connectivity index (χ4v) is 3.20. The molecule has 2 unspecified atom stereocenters. The van der Waals surface area contributed by atoms with E-state index in [1.807, 2.05) is 7.05 Å². The number of ether oxygens (including phenoxy) is 1. The number of nitrogens with zero attached hydrogens (tertiary/aromatic N) is 1. The van der Waals surface area contributed by atoms with Gasteiger partial charge in [-0.2, -0.15) is 0 Å². The summed E-state index contributed by atoms with van der Waals surface area (Å²) in [5, 5.41) is 6.94. The third kappa shape index (κ3) is 5.93. The first-order chi connectivity index (χ1) is 9.55. The quantitative estimate of drug-likeness (QED) is 0.417. The van der Waals surface area contributed by atoms with Gasteiger partial charge < -0.3 is 15.4 Å². The van der Waals surface area contributed by atoms with E-state index in [9.17, 15) is 0 Å². The zero-order valence-corrected chi connectivity index (χ0v) is 16.3. The molecule has 0 heterocycles. The molecule has 2 N–H and O–H groups in total. The smallest absolute Gasteiger partial charge is 0.191 e. The Morgan fingerprint density at radius 2 is 1.90 bits per heavy atom. The number of hydrogen-bond donors (Lipinski definition) is 2. The summed E-state index contributed by atoms with van der Waals surface area (Å²) in [4.78, 5) is 4.32. The van der Waals surface area contributed by atoms with Crippen molar-refractivity contribution >= 4 is 29.9 Å². The maximum Gasteiger partial charge on any atom is 0.191 e. The van der Waals surface area contributed by atoms with Crippen LogP contribution in [-0.2, 0) is 4.74 Å². The molecule has 0 aromatic carbocycles. The highest BCUT2D eigenvalue weighted by Crippen LogP contribution is 2.44. The summed E-state index contributed by atoms with van der Waals surface area (Å²) in [6, 6.07) is 0.634. The highest BCUT2D eigenvalue weighted by molar-refractivity contribution is 14.0. The molecule has 5 heteroatoms. The zero-order chi connectivity index (χ0) is 14.6. The normalized spacial score (nSPS) is 27.0. The molecule has 0 aromatic rings. The molecule has 2 aliphatic rings. The Labute approximate surface area is 146 Å². The van der Waals surface area contributed by atoms with Gasteiger partial charge in [-0.25, -0.2) is 0 Å². The van der Waals surface area contributed by atoms with Gasteiger partial charge in [-0.1, -0.05) is 32.1 Å². The van der Waals surface area contributed by atoms with Gasteiger partial charge in [0.25, 0.3) is 0 Å². The molecule has 2 rings (SSSR count). The van der Waals surface area contributed by atoms with E-state index in [0.717, 1.165) is 24.3 Å². The van der Waals surface area contributed by atoms with Crippen molar-refractivity contribution in [3.05, 3.63) is 0 Å². The van der Waals surface area contributed by atoms with Crippen LogP contribution in [0.3, 0.4) is 0 Å². The largest absolute Gasteiger partial charge is 0.377 e. The molecule has 21 heavy (non-hydrogen) atoms. The molecule has 0 bridgehead atoms. The molecule has 2 atom stereocenters. The summed E-state index contributed by atoms with van der Waals surface area (Å²) in [6.07, 6.45) is 8.50. The molecule has 0 aromatic heterocycles. The summed E-state index contributed by atoms with van der Waals surface area (Å²) in [5.74, 6) is 2.75. The van der Waals surface area contributed by atoms with Gasteiger partial charge >= 0.3 is 0 Å². The van der Waals surface area contributed by atoms with E-state index in [-0.39, 0.29) is 29.6 Å². The number of nitrogens with one attached hydrogen (secondary N) is 2. The van der Waals surface area contributed by atoms with Crippen LogP contribution in [0.2, 0.25) is 0 Å². The van der Waals surface area contributed by atoms with Gasteiger partial charge in [0.15, 0.2) is 5.96 Å². The summed E-state index contributed by atoms with van der Waals surface area (Å²) >= 11 is 0. The average molecular weight is 409 g/mol. The summed E-state index contributed by atoms with van der Waals surface area (Å²) in [7, 11) is 3.59. The van der Waals surface area contributed by atoms with Crippen LogP contribution in [0.5, 0.6) is 0 Å². The van der Waals surface area contributed by atoms with E-state index in [1.165, 1.54) is 38.5 Å². The molecule has 0 amide bonds. The lowest BCUT2D eigenvalue weighted by Gasteiger charge is -2.25. The second kappa shape index (κ2) is 8.56. The molecule has 2 aliphatic carbocycles. The maximum atomic E-state index is 5.42. The van der Waals surface area contributed by atoms with Gasteiger partial charge in [0.05, 0.1) is 5.60 Å². The lowest BCUT2D eigenvalue weighted by molar-refractivity contribution is 0.0268. The van der Waals surface area contributed by atoms with Gasteiger partial charge in [-0.15, -0.1) is 24.0 Å². The van der Waals surface area contributed by atoms with Crippen molar-refractivity contribution in [2.24, 2.45) is 16.8 Å². The van der Waals surface area contributed by atoms with Crippen LogP contribution in [0.25, 0.3) is 0 Å². The Balaban J connectivity index is 0.00000220. The predicted molar refractivity (Wildman–Crippen MR) is 99.5 cm³/mol. The molecule has 0 radical (unpaired) electrons. The fraction of sp³-hybridized carbons (Fsp3) is 0.938. The van der Waals surface area contributed by atoms with Crippen LogP contribution in [-0.4, -0.2) is 38.3 Å². The highest BCUT2D eigenvalue weighted by atomic mass is 127. The number of halogens is 1. The van der Waals surface area contributed by atoms with Gasteiger partial charge in [0.2, 0.25) is 0 Å². The lowest BCUT2D eigenvalue weighted by atomic mass is 9.85. The van der Waals surface area contributed by atoms with Crippen LogP contribution in [0.15, 0.2) is 4.99 Å². The molecular formula is C16H32IN3O. The molecule has 0 aliphatic heterocycles. The minimum absolute atomic E-state index is 0. The van der Waals surface area contributed by atoms with Crippen LogP contribution in [0.1, 0.15) is 52.4 Å². The molecule has 0 saturated heterocycles. The Bertz CT molecular complexity index is 340. The third-order valence-corrected chi connectivity index (χ3v) is 4.87. The minimum atomic E-state index is -0.163. The Kier molecular flexibility index (Phi) is 7.74. The SMILES string of the molecule is CN=C(NCC(C)(C)OC)NC1CC1C1CCCCC1.I. The molecule has 2 saturated carbocycles. The summed E-state index contributed by atoms with van der Waals surface area (Å²) in [6.45, 7) is 4.93. The second-order valence-corrected chi connectivity index (χ2v) is 6.94. The Morgan fingerprint density at radius 1 is 1.24 bits per heavy atom. The van der Waals surface area contributed by atoms with Crippen molar-refractivity contribution in [2.75, 3.05) is 20.7 Å². The van der Waals surface area contributed by atoms with E-state index in [4.69, 9.17) is 4.74 Å². The van der Waals surface area contributed by atoms with E-state index < -0.39 is 0 Å². The number of methoxy groups -OCH3 is 1. The van der Waals surface area contributed by atoms with E-state index in [2.05, 4.69) is 29.5 Å². The van der Waals surface area contributed by atoms with Gasteiger partial charge in [-0.3, -0.25) is 4.99 Å². The van der Waals surface area contributed by atoms with Gasteiger partial charge in [0.1, 0.15) is 0 Å². The van der Waals surface area contributed by atoms with Crippen molar-refractivity contribution < 1.29 is 4.74 Å².